The molecule has 0 aliphatic rings. The van der Waals surface area contributed by atoms with E-state index in [-0.39, 0.29) is 18.4 Å². The number of methoxy groups -OCH3 is 1. The molecule has 2 rings (SSSR count). The Morgan fingerprint density at radius 2 is 1.85 bits per heavy atom. The third-order valence-corrected chi connectivity index (χ3v) is 5.01. The van der Waals surface area contributed by atoms with Gasteiger partial charge in [-0.2, -0.15) is 0 Å². The van der Waals surface area contributed by atoms with Crippen molar-refractivity contribution < 1.29 is 19.1 Å². The van der Waals surface area contributed by atoms with Crippen LogP contribution < -0.4 is 20.1 Å². The van der Waals surface area contributed by atoms with Crippen LogP contribution in [0.4, 0.5) is 0 Å². The van der Waals surface area contributed by atoms with E-state index in [1.54, 1.807) is 12.1 Å². The first kappa shape index (κ1) is 21.0. The van der Waals surface area contributed by atoms with E-state index in [1.165, 1.54) is 7.11 Å². The maximum atomic E-state index is 12.3. The molecular weight excluding hydrogens is 459 g/mol. The Morgan fingerprint density at radius 3 is 2.52 bits per heavy atom. The van der Waals surface area contributed by atoms with Gasteiger partial charge in [-0.3, -0.25) is 9.59 Å². The number of ether oxygens (including phenoxy) is 2. The van der Waals surface area contributed by atoms with Crippen LogP contribution in [-0.4, -0.2) is 32.1 Å². The molecule has 7 heteroatoms. The zero-order valence-electron chi connectivity index (χ0n) is 15.6. The molecule has 0 bridgehead atoms. The van der Waals surface area contributed by atoms with E-state index in [0.717, 1.165) is 14.7 Å². The average Bonchev–Trinajstić information content (AvgIpc) is 2.67. The summed E-state index contributed by atoms with van der Waals surface area (Å²) in [5.41, 5.74) is 2.63. The lowest BCUT2D eigenvalue weighted by Crippen LogP contribution is -2.28. The van der Waals surface area contributed by atoms with Gasteiger partial charge < -0.3 is 20.1 Å². The van der Waals surface area contributed by atoms with E-state index < -0.39 is 0 Å². The maximum absolute atomic E-state index is 12.3. The number of amides is 2. The standard InChI is InChI=1S/C20H23IN2O4/c1-4-22-19(24)12-27-17-8-6-14(9-18(17)26-3)11-23-20(25)15-7-5-13(2)16(21)10-15/h5-10H,4,11-12H2,1-3H3,(H,22,24)(H,23,25). The van der Waals surface area contributed by atoms with Gasteiger partial charge in [-0.25, -0.2) is 0 Å². The lowest BCUT2D eigenvalue weighted by atomic mass is 10.1. The molecule has 0 fully saturated rings. The predicted molar refractivity (Wildman–Crippen MR) is 112 cm³/mol. The number of halogens is 1. The van der Waals surface area contributed by atoms with Crippen LogP contribution in [0.25, 0.3) is 0 Å². The van der Waals surface area contributed by atoms with Crippen LogP contribution in [0.3, 0.4) is 0 Å². The summed E-state index contributed by atoms with van der Waals surface area (Å²) < 4.78 is 11.9. The largest absolute Gasteiger partial charge is 0.493 e. The van der Waals surface area contributed by atoms with Gasteiger partial charge in [0.05, 0.1) is 7.11 Å². The van der Waals surface area contributed by atoms with E-state index in [2.05, 4.69) is 33.2 Å². The van der Waals surface area contributed by atoms with Gasteiger partial charge in [0, 0.05) is 22.2 Å². The number of carbonyl (C=O) groups excluding carboxylic acids is 2. The molecule has 0 saturated carbocycles. The molecule has 0 radical (unpaired) electrons. The van der Waals surface area contributed by atoms with Gasteiger partial charge in [0.2, 0.25) is 0 Å². The van der Waals surface area contributed by atoms with Crippen LogP contribution in [0.1, 0.15) is 28.4 Å². The Kier molecular flexibility index (Phi) is 7.90. The first-order valence-electron chi connectivity index (χ1n) is 8.55. The van der Waals surface area contributed by atoms with Crippen molar-refractivity contribution in [3.8, 4) is 11.5 Å². The van der Waals surface area contributed by atoms with Crippen molar-refractivity contribution in [2.75, 3.05) is 20.3 Å². The highest BCUT2D eigenvalue weighted by atomic mass is 127. The van der Waals surface area contributed by atoms with Gasteiger partial charge in [0.15, 0.2) is 18.1 Å². The van der Waals surface area contributed by atoms with Crippen molar-refractivity contribution in [2.24, 2.45) is 0 Å². The zero-order valence-corrected chi connectivity index (χ0v) is 17.8. The van der Waals surface area contributed by atoms with Crippen molar-refractivity contribution in [1.29, 1.82) is 0 Å². The highest BCUT2D eigenvalue weighted by Gasteiger charge is 2.10. The topological polar surface area (TPSA) is 76.7 Å². The first-order chi connectivity index (χ1) is 12.9. The van der Waals surface area contributed by atoms with Crippen molar-refractivity contribution in [2.45, 2.75) is 20.4 Å². The molecule has 2 N–H and O–H groups in total. The highest BCUT2D eigenvalue weighted by molar-refractivity contribution is 14.1. The van der Waals surface area contributed by atoms with Gasteiger partial charge in [-0.1, -0.05) is 12.1 Å². The van der Waals surface area contributed by atoms with Crippen LogP contribution in [0.15, 0.2) is 36.4 Å². The summed E-state index contributed by atoms with van der Waals surface area (Å²) >= 11 is 2.21. The summed E-state index contributed by atoms with van der Waals surface area (Å²) in [5, 5.41) is 5.56. The van der Waals surface area contributed by atoms with Crippen LogP contribution in [0.2, 0.25) is 0 Å². The molecule has 27 heavy (non-hydrogen) atoms. The normalized spacial score (nSPS) is 10.2. The maximum Gasteiger partial charge on any atom is 0.257 e. The van der Waals surface area contributed by atoms with Crippen molar-refractivity contribution in [3.63, 3.8) is 0 Å². The Labute approximate surface area is 172 Å². The molecule has 0 spiro atoms. The number of hydrogen-bond acceptors (Lipinski definition) is 4. The summed E-state index contributed by atoms with van der Waals surface area (Å²) in [4.78, 5) is 23.8. The molecule has 0 atom stereocenters. The van der Waals surface area contributed by atoms with Crippen LogP contribution in [-0.2, 0) is 11.3 Å². The van der Waals surface area contributed by atoms with Gasteiger partial charge in [-0.15, -0.1) is 0 Å². The predicted octanol–water partition coefficient (Wildman–Crippen LogP) is 3.05. The molecule has 144 valence electrons. The highest BCUT2D eigenvalue weighted by Crippen LogP contribution is 2.28. The summed E-state index contributed by atoms with van der Waals surface area (Å²) in [5.74, 6) is 0.662. The number of rotatable bonds is 8. The molecule has 2 amide bonds. The van der Waals surface area contributed by atoms with Crippen molar-refractivity contribution in [3.05, 3.63) is 56.7 Å². The van der Waals surface area contributed by atoms with Crippen molar-refractivity contribution >= 4 is 34.4 Å². The molecule has 0 unspecified atom stereocenters. The molecular formula is C20H23IN2O4. The number of nitrogens with one attached hydrogen (secondary N) is 2. The van der Waals surface area contributed by atoms with Gasteiger partial charge in [0.25, 0.3) is 11.8 Å². The average molecular weight is 482 g/mol. The van der Waals surface area contributed by atoms with Crippen LogP contribution in [0.5, 0.6) is 11.5 Å². The Morgan fingerprint density at radius 1 is 1.07 bits per heavy atom. The minimum absolute atomic E-state index is 0.0770. The summed E-state index contributed by atoms with van der Waals surface area (Å²) in [6, 6.07) is 11.0. The minimum atomic E-state index is -0.191. The number of aryl methyl sites for hydroxylation is 1. The summed E-state index contributed by atoms with van der Waals surface area (Å²) in [6.45, 7) is 4.69. The van der Waals surface area contributed by atoms with E-state index >= 15 is 0 Å². The SMILES string of the molecule is CCNC(=O)COc1ccc(CNC(=O)c2ccc(C)c(I)c2)cc1OC. The molecule has 6 nitrogen and oxygen atoms in total. The number of benzene rings is 2. The third-order valence-electron chi connectivity index (χ3n) is 3.85. The Balaban J connectivity index is 1.99. The number of carbonyl (C=O) groups is 2. The minimum Gasteiger partial charge on any atom is -0.493 e. The Bertz CT molecular complexity index is 824. The lowest BCUT2D eigenvalue weighted by molar-refractivity contribution is -0.123. The van der Waals surface area contributed by atoms with Crippen LogP contribution >= 0.6 is 22.6 Å². The van der Waals surface area contributed by atoms with Crippen molar-refractivity contribution in [1.82, 2.24) is 10.6 Å². The van der Waals surface area contributed by atoms with Gasteiger partial charge >= 0.3 is 0 Å². The van der Waals surface area contributed by atoms with E-state index in [0.29, 0.717) is 30.2 Å². The first-order valence-corrected chi connectivity index (χ1v) is 9.63. The molecule has 2 aromatic carbocycles. The van der Waals surface area contributed by atoms with Gasteiger partial charge in [0.1, 0.15) is 0 Å². The van der Waals surface area contributed by atoms with E-state index in [1.807, 2.05) is 38.1 Å². The number of likely N-dealkylation sites (N-methyl/N-ethyl adjacent to an activating group) is 1. The Hall–Kier alpha value is -2.29. The fourth-order valence-electron chi connectivity index (χ4n) is 2.35. The molecule has 0 aromatic heterocycles. The van der Waals surface area contributed by atoms with Gasteiger partial charge in [-0.05, 0) is 71.8 Å². The fraction of sp³-hybridized carbons (Fsp3) is 0.300. The molecule has 0 aliphatic carbocycles. The molecule has 0 aliphatic heterocycles. The smallest absolute Gasteiger partial charge is 0.257 e. The second-order valence-electron chi connectivity index (χ2n) is 5.87. The molecule has 0 heterocycles. The third kappa shape index (κ3) is 6.13. The zero-order chi connectivity index (χ0) is 19.8. The molecule has 0 saturated heterocycles. The molecule has 2 aromatic rings. The lowest BCUT2D eigenvalue weighted by Gasteiger charge is -2.13. The monoisotopic (exact) mass is 482 g/mol. The second-order valence-corrected chi connectivity index (χ2v) is 7.04. The summed E-state index contributed by atoms with van der Waals surface area (Å²) in [7, 11) is 1.53. The van der Waals surface area contributed by atoms with E-state index in [4.69, 9.17) is 9.47 Å². The number of hydrogen-bond donors (Lipinski definition) is 2. The second kappa shape index (κ2) is 10.1. The quantitative estimate of drug-likeness (QED) is 0.568. The van der Waals surface area contributed by atoms with Crippen LogP contribution in [0, 0.1) is 10.5 Å². The summed E-state index contributed by atoms with van der Waals surface area (Å²) in [6.07, 6.45) is 0. The van der Waals surface area contributed by atoms with E-state index in [9.17, 15) is 9.59 Å². The fourth-order valence-corrected chi connectivity index (χ4v) is 2.87.